The van der Waals surface area contributed by atoms with Gasteiger partial charge in [-0.05, 0) is 57.2 Å². The lowest BCUT2D eigenvalue weighted by molar-refractivity contribution is -0.113. The molecule has 0 aliphatic rings. The summed E-state index contributed by atoms with van der Waals surface area (Å²) in [7, 11) is 0. The highest BCUT2D eigenvalue weighted by molar-refractivity contribution is 8.01. The number of amides is 1. The Morgan fingerprint density at radius 2 is 1.92 bits per heavy atom. The molecule has 0 spiro atoms. The van der Waals surface area contributed by atoms with Crippen molar-refractivity contribution in [2.24, 2.45) is 0 Å². The summed E-state index contributed by atoms with van der Waals surface area (Å²) < 4.78 is 2.07. The van der Waals surface area contributed by atoms with Crippen molar-refractivity contribution >= 4 is 50.6 Å². The first-order chi connectivity index (χ1) is 12.6. The third-order valence-electron chi connectivity index (χ3n) is 4.05. The monoisotopic (exact) mass is 385 g/mol. The van der Waals surface area contributed by atoms with Gasteiger partial charge in [0.05, 0.1) is 16.0 Å². The number of thiazole rings is 1. The zero-order chi connectivity index (χ0) is 18.5. The van der Waals surface area contributed by atoms with E-state index in [0.29, 0.717) is 11.8 Å². The number of aromatic nitrogens is 1. The van der Waals surface area contributed by atoms with Crippen molar-refractivity contribution < 1.29 is 4.79 Å². The van der Waals surface area contributed by atoms with Gasteiger partial charge in [-0.15, -0.1) is 11.3 Å². The van der Waals surface area contributed by atoms with E-state index in [1.54, 1.807) is 11.3 Å². The van der Waals surface area contributed by atoms with E-state index in [-0.39, 0.29) is 5.91 Å². The molecule has 1 amide bonds. The van der Waals surface area contributed by atoms with Crippen LogP contribution in [0, 0.1) is 0 Å². The van der Waals surface area contributed by atoms with Gasteiger partial charge < -0.3 is 10.2 Å². The van der Waals surface area contributed by atoms with Crippen LogP contribution in [-0.4, -0.2) is 29.2 Å². The van der Waals surface area contributed by atoms with Gasteiger partial charge in [0.1, 0.15) is 0 Å². The third kappa shape index (κ3) is 4.56. The average molecular weight is 386 g/mol. The van der Waals surface area contributed by atoms with E-state index >= 15 is 0 Å². The van der Waals surface area contributed by atoms with Gasteiger partial charge in [-0.2, -0.15) is 0 Å². The Bertz CT molecular complexity index is 841. The van der Waals surface area contributed by atoms with E-state index in [1.165, 1.54) is 17.4 Å². The van der Waals surface area contributed by atoms with Gasteiger partial charge in [0, 0.05) is 24.0 Å². The third-order valence-corrected chi connectivity index (χ3v) is 6.23. The molecule has 1 heterocycles. The van der Waals surface area contributed by atoms with Gasteiger partial charge in [-0.1, -0.05) is 23.9 Å². The molecule has 26 heavy (non-hydrogen) atoms. The Labute approximate surface area is 162 Å². The van der Waals surface area contributed by atoms with Crippen LogP contribution in [0.5, 0.6) is 0 Å². The highest BCUT2D eigenvalue weighted by Gasteiger charge is 2.10. The molecule has 1 aromatic heterocycles. The number of hydrogen-bond acceptors (Lipinski definition) is 5. The van der Waals surface area contributed by atoms with Crippen LogP contribution in [0.15, 0.2) is 52.9 Å². The molecule has 136 valence electrons. The second kappa shape index (κ2) is 8.56. The van der Waals surface area contributed by atoms with Crippen LogP contribution in [0.2, 0.25) is 0 Å². The number of fused-ring (bicyclic) bond motifs is 1. The number of nitrogens with one attached hydrogen (secondary N) is 1. The summed E-state index contributed by atoms with van der Waals surface area (Å²) in [6.07, 6.45) is 0. The highest BCUT2D eigenvalue weighted by Crippen LogP contribution is 2.29. The molecule has 6 heteroatoms. The summed E-state index contributed by atoms with van der Waals surface area (Å²) in [6.45, 7) is 7.47. The first kappa shape index (κ1) is 18.7. The van der Waals surface area contributed by atoms with E-state index in [0.717, 1.165) is 26.8 Å². The maximum absolute atomic E-state index is 12.2. The van der Waals surface area contributed by atoms with E-state index < -0.39 is 0 Å². The minimum Gasteiger partial charge on any atom is -0.369 e. The molecule has 0 saturated heterocycles. The normalized spacial score (nSPS) is 11.1. The summed E-state index contributed by atoms with van der Waals surface area (Å²) >= 11 is 3.10. The zero-order valence-electron chi connectivity index (χ0n) is 15.2. The van der Waals surface area contributed by atoms with Crippen molar-refractivity contribution in [3.05, 3.63) is 48.5 Å². The van der Waals surface area contributed by atoms with Gasteiger partial charge in [0.15, 0.2) is 4.34 Å². The van der Waals surface area contributed by atoms with Crippen molar-refractivity contribution in [3.8, 4) is 0 Å². The molecule has 0 fully saturated rings. The molecular formula is C20H23N3OS2. The van der Waals surface area contributed by atoms with E-state index in [2.05, 4.69) is 54.2 Å². The van der Waals surface area contributed by atoms with Crippen molar-refractivity contribution in [2.75, 3.05) is 22.5 Å². The second-order valence-corrected chi connectivity index (χ2v) is 8.46. The fourth-order valence-electron chi connectivity index (χ4n) is 2.82. The quantitative estimate of drug-likeness (QED) is 0.563. The molecule has 0 unspecified atom stereocenters. The van der Waals surface area contributed by atoms with Crippen LogP contribution < -0.4 is 10.2 Å². The molecule has 2 aromatic carbocycles. The Kier molecular flexibility index (Phi) is 6.16. The summed E-state index contributed by atoms with van der Waals surface area (Å²) in [5.41, 5.74) is 2.98. The maximum atomic E-state index is 12.2. The lowest BCUT2D eigenvalue weighted by atomic mass is 10.2. The molecule has 0 aliphatic carbocycles. The summed E-state index contributed by atoms with van der Waals surface area (Å²) in [5, 5.41) is 2.96. The molecule has 0 atom stereocenters. The fraction of sp³-hybridized carbons (Fsp3) is 0.300. The van der Waals surface area contributed by atoms with Gasteiger partial charge >= 0.3 is 0 Å². The number of anilines is 2. The van der Waals surface area contributed by atoms with Crippen LogP contribution in [0.1, 0.15) is 20.8 Å². The molecule has 3 rings (SSSR count). The number of hydrogen-bond donors (Lipinski definition) is 1. The number of carbonyl (C=O) groups is 1. The Balaban J connectivity index is 1.56. The SMILES string of the molecule is CCN(c1ccc(NC(=O)CSc2nc3ccccc3s2)cc1)C(C)C. The van der Waals surface area contributed by atoms with Gasteiger partial charge in [0.25, 0.3) is 0 Å². The number of para-hydroxylation sites is 1. The Morgan fingerprint density at radius 1 is 1.19 bits per heavy atom. The predicted octanol–water partition coefficient (Wildman–Crippen LogP) is 5.26. The Morgan fingerprint density at radius 3 is 2.58 bits per heavy atom. The molecule has 1 N–H and O–H groups in total. The number of nitrogens with zero attached hydrogens (tertiary/aromatic N) is 2. The first-order valence-corrected chi connectivity index (χ1v) is 10.5. The molecular weight excluding hydrogens is 362 g/mol. The predicted molar refractivity (Wildman–Crippen MR) is 114 cm³/mol. The number of carbonyl (C=O) groups excluding carboxylic acids is 1. The van der Waals surface area contributed by atoms with Gasteiger partial charge in [0.2, 0.25) is 5.91 Å². The molecule has 4 nitrogen and oxygen atoms in total. The number of benzene rings is 2. The van der Waals surface area contributed by atoms with E-state index in [1.807, 2.05) is 30.3 Å². The molecule has 3 aromatic rings. The molecule has 0 saturated carbocycles. The van der Waals surface area contributed by atoms with Crippen molar-refractivity contribution in [1.82, 2.24) is 4.98 Å². The first-order valence-electron chi connectivity index (χ1n) is 8.71. The lowest BCUT2D eigenvalue weighted by Crippen LogP contribution is -2.30. The van der Waals surface area contributed by atoms with Crippen molar-refractivity contribution in [1.29, 1.82) is 0 Å². The number of thioether (sulfide) groups is 1. The van der Waals surface area contributed by atoms with Crippen LogP contribution in [0.4, 0.5) is 11.4 Å². The molecule has 0 radical (unpaired) electrons. The van der Waals surface area contributed by atoms with E-state index in [4.69, 9.17) is 0 Å². The second-order valence-electron chi connectivity index (χ2n) is 6.21. The smallest absolute Gasteiger partial charge is 0.234 e. The average Bonchev–Trinajstić information content (AvgIpc) is 3.05. The van der Waals surface area contributed by atoms with Gasteiger partial charge in [-0.3, -0.25) is 4.79 Å². The van der Waals surface area contributed by atoms with Crippen LogP contribution >= 0.6 is 23.1 Å². The van der Waals surface area contributed by atoms with Crippen molar-refractivity contribution in [3.63, 3.8) is 0 Å². The standard InChI is InChI=1S/C20H23N3OS2/c1-4-23(14(2)3)16-11-9-15(10-12-16)21-19(24)13-25-20-22-17-7-5-6-8-18(17)26-20/h5-12,14H,4,13H2,1-3H3,(H,21,24). The minimum atomic E-state index is -0.0155. The lowest BCUT2D eigenvalue weighted by Gasteiger charge is -2.27. The zero-order valence-corrected chi connectivity index (χ0v) is 16.9. The van der Waals surface area contributed by atoms with Crippen molar-refractivity contribution in [2.45, 2.75) is 31.2 Å². The minimum absolute atomic E-state index is 0.0155. The molecule has 0 aliphatic heterocycles. The van der Waals surface area contributed by atoms with Gasteiger partial charge in [-0.25, -0.2) is 4.98 Å². The van der Waals surface area contributed by atoms with E-state index in [9.17, 15) is 4.79 Å². The van der Waals surface area contributed by atoms with Crippen LogP contribution in [0.3, 0.4) is 0 Å². The summed E-state index contributed by atoms with van der Waals surface area (Å²) in [5.74, 6) is 0.340. The number of rotatable bonds is 7. The largest absolute Gasteiger partial charge is 0.369 e. The van der Waals surface area contributed by atoms with Crippen LogP contribution in [-0.2, 0) is 4.79 Å². The highest BCUT2D eigenvalue weighted by atomic mass is 32.2. The molecule has 0 bridgehead atoms. The van der Waals surface area contributed by atoms with Crippen LogP contribution in [0.25, 0.3) is 10.2 Å². The fourth-order valence-corrected chi connectivity index (χ4v) is 4.69. The Hall–Kier alpha value is -2.05. The summed E-state index contributed by atoms with van der Waals surface area (Å²) in [6, 6.07) is 16.5. The summed E-state index contributed by atoms with van der Waals surface area (Å²) in [4.78, 5) is 19.1. The topological polar surface area (TPSA) is 45.2 Å². The maximum Gasteiger partial charge on any atom is 0.234 e.